The van der Waals surface area contributed by atoms with Crippen molar-refractivity contribution in [3.8, 4) is 23.7 Å². The normalized spacial score (nSPS) is 9.60. The van der Waals surface area contributed by atoms with Gasteiger partial charge in [0, 0.05) is 33.4 Å². The number of hydrogen-bond donors (Lipinski definition) is 0. The molecule has 0 saturated heterocycles. The fourth-order valence-corrected chi connectivity index (χ4v) is 2.97. The van der Waals surface area contributed by atoms with Gasteiger partial charge < -0.3 is 0 Å². The third-order valence-corrected chi connectivity index (χ3v) is 4.50. The van der Waals surface area contributed by atoms with Crippen LogP contribution in [0.5, 0.6) is 0 Å². The molecule has 1 nitrogen and oxygen atoms in total. The van der Waals surface area contributed by atoms with Gasteiger partial charge in [-0.25, -0.2) is 0 Å². The van der Waals surface area contributed by atoms with E-state index in [1.165, 1.54) is 0 Å². The standard InChI is InChI=1S/C29H18O/c30-29(27-15-7-13-25(21-27)19-17-23-9-3-1-4-10-23)28-16-8-14-26(22-28)20-18-24-11-5-2-6-12-24/h1-16,21-22H. The van der Waals surface area contributed by atoms with E-state index in [1.54, 1.807) is 0 Å². The number of carbonyl (C=O) groups excluding carboxylic acids is 1. The van der Waals surface area contributed by atoms with Crippen molar-refractivity contribution in [2.45, 2.75) is 0 Å². The number of benzene rings is 4. The van der Waals surface area contributed by atoms with Crippen LogP contribution in [-0.4, -0.2) is 5.78 Å². The maximum atomic E-state index is 13.0. The first kappa shape index (κ1) is 19.0. The Morgan fingerprint density at radius 1 is 0.433 bits per heavy atom. The molecule has 0 aliphatic carbocycles. The largest absolute Gasteiger partial charge is 0.289 e. The number of hydrogen-bond acceptors (Lipinski definition) is 1. The zero-order valence-corrected chi connectivity index (χ0v) is 16.3. The van der Waals surface area contributed by atoms with Crippen molar-refractivity contribution in [1.29, 1.82) is 0 Å². The first-order chi connectivity index (χ1) is 14.8. The average molecular weight is 382 g/mol. The Hall–Kier alpha value is -4.33. The Kier molecular flexibility index (Phi) is 5.86. The van der Waals surface area contributed by atoms with Crippen LogP contribution in [0.25, 0.3) is 0 Å². The highest BCUT2D eigenvalue weighted by Crippen LogP contribution is 2.13. The molecule has 0 N–H and O–H groups in total. The molecule has 0 saturated carbocycles. The summed E-state index contributed by atoms with van der Waals surface area (Å²) < 4.78 is 0. The van der Waals surface area contributed by atoms with Gasteiger partial charge in [0.25, 0.3) is 0 Å². The van der Waals surface area contributed by atoms with Crippen LogP contribution in [-0.2, 0) is 0 Å². The Bertz CT molecular complexity index is 1190. The van der Waals surface area contributed by atoms with Crippen LogP contribution in [0.1, 0.15) is 38.2 Å². The highest BCUT2D eigenvalue weighted by molar-refractivity contribution is 6.09. The molecule has 1 heteroatoms. The Balaban J connectivity index is 1.57. The van der Waals surface area contributed by atoms with Gasteiger partial charge >= 0.3 is 0 Å². The van der Waals surface area contributed by atoms with Gasteiger partial charge in [-0.05, 0) is 48.5 Å². The fraction of sp³-hybridized carbons (Fsp3) is 0. The van der Waals surface area contributed by atoms with Crippen LogP contribution in [0.4, 0.5) is 0 Å². The number of rotatable bonds is 2. The van der Waals surface area contributed by atoms with Crippen molar-refractivity contribution in [2.75, 3.05) is 0 Å². The van der Waals surface area contributed by atoms with E-state index in [0.29, 0.717) is 11.1 Å². The second-order valence-corrected chi connectivity index (χ2v) is 6.72. The summed E-state index contributed by atoms with van der Waals surface area (Å²) in [7, 11) is 0. The van der Waals surface area contributed by atoms with Gasteiger partial charge in [0.2, 0.25) is 0 Å². The number of carbonyl (C=O) groups is 1. The highest BCUT2D eigenvalue weighted by Gasteiger charge is 2.09. The molecule has 30 heavy (non-hydrogen) atoms. The van der Waals surface area contributed by atoms with Gasteiger partial charge in [0.1, 0.15) is 0 Å². The average Bonchev–Trinajstić information content (AvgIpc) is 2.83. The lowest BCUT2D eigenvalue weighted by molar-refractivity contribution is 0.103. The van der Waals surface area contributed by atoms with Crippen molar-refractivity contribution >= 4 is 5.78 Å². The van der Waals surface area contributed by atoms with Gasteiger partial charge in [0.15, 0.2) is 5.78 Å². The summed E-state index contributed by atoms with van der Waals surface area (Å²) in [5.74, 6) is 12.5. The summed E-state index contributed by atoms with van der Waals surface area (Å²) in [6.07, 6.45) is 0. The van der Waals surface area contributed by atoms with Crippen molar-refractivity contribution in [2.24, 2.45) is 0 Å². The van der Waals surface area contributed by atoms with E-state index >= 15 is 0 Å². The molecular weight excluding hydrogens is 364 g/mol. The van der Waals surface area contributed by atoms with Crippen LogP contribution >= 0.6 is 0 Å². The predicted molar refractivity (Wildman–Crippen MR) is 121 cm³/mol. The minimum absolute atomic E-state index is 0.0401. The molecule has 0 heterocycles. The summed E-state index contributed by atoms with van der Waals surface area (Å²) in [4.78, 5) is 13.0. The van der Waals surface area contributed by atoms with E-state index in [1.807, 2.05) is 109 Å². The molecule has 4 aromatic rings. The quantitative estimate of drug-likeness (QED) is 0.320. The topological polar surface area (TPSA) is 17.1 Å². The molecule has 140 valence electrons. The minimum atomic E-state index is -0.0401. The second-order valence-electron chi connectivity index (χ2n) is 6.72. The third kappa shape index (κ3) is 4.93. The van der Waals surface area contributed by atoms with Crippen molar-refractivity contribution < 1.29 is 4.79 Å². The van der Waals surface area contributed by atoms with E-state index in [9.17, 15) is 4.79 Å². The van der Waals surface area contributed by atoms with Crippen LogP contribution in [0, 0.1) is 23.7 Å². The monoisotopic (exact) mass is 382 g/mol. The first-order valence-electron chi connectivity index (χ1n) is 9.67. The molecular formula is C29H18O. The Labute approximate surface area is 177 Å². The summed E-state index contributed by atoms with van der Waals surface area (Å²) in [5, 5.41) is 0. The van der Waals surface area contributed by atoms with Gasteiger partial charge in [-0.2, -0.15) is 0 Å². The molecule has 0 aliphatic heterocycles. The maximum Gasteiger partial charge on any atom is 0.193 e. The molecule has 0 unspecified atom stereocenters. The summed E-state index contributed by atoms with van der Waals surface area (Å²) in [5.41, 5.74) is 4.73. The smallest absolute Gasteiger partial charge is 0.193 e. The van der Waals surface area contributed by atoms with Crippen LogP contribution in [0.3, 0.4) is 0 Å². The third-order valence-electron chi connectivity index (χ3n) is 4.50. The van der Waals surface area contributed by atoms with Crippen LogP contribution < -0.4 is 0 Å². The van der Waals surface area contributed by atoms with Gasteiger partial charge in [-0.3, -0.25) is 4.79 Å². The number of ketones is 1. The zero-order valence-electron chi connectivity index (χ0n) is 16.3. The van der Waals surface area contributed by atoms with E-state index in [0.717, 1.165) is 22.3 Å². The minimum Gasteiger partial charge on any atom is -0.289 e. The lowest BCUT2D eigenvalue weighted by Gasteiger charge is -2.03. The molecule has 0 bridgehead atoms. The van der Waals surface area contributed by atoms with Gasteiger partial charge in [-0.15, -0.1) is 0 Å². The molecule has 0 radical (unpaired) electrons. The molecule has 0 aromatic heterocycles. The maximum absolute atomic E-state index is 13.0. The Morgan fingerprint density at radius 3 is 1.23 bits per heavy atom. The summed E-state index contributed by atoms with van der Waals surface area (Å²) in [6, 6.07) is 34.4. The molecule has 4 rings (SSSR count). The summed E-state index contributed by atoms with van der Waals surface area (Å²) >= 11 is 0. The molecule has 0 spiro atoms. The highest BCUT2D eigenvalue weighted by atomic mass is 16.1. The molecule has 0 fully saturated rings. The fourth-order valence-electron chi connectivity index (χ4n) is 2.97. The Morgan fingerprint density at radius 2 is 0.800 bits per heavy atom. The molecule has 4 aromatic carbocycles. The molecule has 0 amide bonds. The van der Waals surface area contributed by atoms with Crippen LogP contribution in [0.2, 0.25) is 0 Å². The second kappa shape index (κ2) is 9.24. The molecule has 0 aliphatic rings. The predicted octanol–water partition coefficient (Wildman–Crippen LogP) is 5.72. The van der Waals surface area contributed by atoms with Crippen molar-refractivity contribution in [3.05, 3.63) is 143 Å². The lowest BCUT2D eigenvalue weighted by atomic mass is 9.99. The van der Waals surface area contributed by atoms with Gasteiger partial charge in [0.05, 0.1) is 0 Å². The zero-order chi connectivity index (χ0) is 20.6. The van der Waals surface area contributed by atoms with Crippen LogP contribution in [0.15, 0.2) is 109 Å². The van der Waals surface area contributed by atoms with E-state index in [4.69, 9.17) is 0 Å². The van der Waals surface area contributed by atoms with E-state index in [2.05, 4.69) is 23.7 Å². The van der Waals surface area contributed by atoms with E-state index in [-0.39, 0.29) is 5.78 Å². The van der Waals surface area contributed by atoms with Crippen molar-refractivity contribution in [1.82, 2.24) is 0 Å². The first-order valence-corrected chi connectivity index (χ1v) is 9.67. The van der Waals surface area contributed by atoms with E-state index < -0.39 is 0 Å². The van der Waals surface area contributed by atoms with Crippen molar-refractivity contribution in [3.63, 3.8) is 0 Å². The summed E-state index contributed by atoms with van der Waals surface area (Å²) in [6.45, 7) is 0. The molecule has 0 atom stereocenters. The SMILES string of the molecule is O=C(c1cccc(C#Cc2ccccc2)c1)c1cccc(C#Cc2ccccc2)c1. The van der Waals surface area contributed by atoms with Gasteiger partial charge in [-0.1, -0.05) is 84.3 Å². The lowest BCUT2D eigenvalue weighted by Crippen LogP contribution is -2.01.